The maximum absolute atomic E-state index is 13.7. The molecule has 0 radical (unpaired) electrons. The lowest BCUT2D eigenvalue weighted by molar-refractivity contribution is -0.384. The Balaban J connectivity index is 2.00. The van der Waals surface area contributed by atoms with Crippen LogP contribution in [0.2, 0.25) is 0 Å². The second-order valence-electron chi connectivity index (χ2n) is 6.39. The molecule has 8 nitrogen and oxygen atoms in total. The van der Waals surface area contributed by atoms with Gasteiger partial charge in [-0.15, -0.1) is 0 Å². The van der Waals surface area contributed by atoms with Crippen LogP contribution in [0.15, 0.2) is 36.4 Å². The van der Waals surface area contributed by atoms with Crippen molar-refractivity contribution in [1.29, 1.82) is 0 Å². The predicted octanol–water partition coefficient (Wildman–Crippen LogP) is 2.97. The summed E-state index contributed by atoms with van der Waals surface area (Å²) < 4.78 is 31.6. The van der Waals surface area contributed by atoms with Crippen molar-refractivity contribution in [2.24, 2.45) is 0 Å². The molecule has 10 heteroatoms. The second-order valence-corrected chi connectivity index (χ2v) is 6.39. The zero-order chi connectivity index (χ0) is 21.7. The number of esters is 1. The highest BCUT2D eigenvalue weighted by atomic mass is 19.1. The minimum atomic E-state index is -0.922. The first kappa shape index (κ1) is 21.7. The monoisotopic (exact) mass is 407 g/mol. The van der Waals surface area contributed by atoms with Gasteiger partial charge in [0.25, 0.3) is 11.6 Å². The molecule has 1 N–H and O–H groups in total. The van der Waals surface area contributed by atoms with Crippen molar-refractivity contribution in [3.05, 3.63) is 69.3 Å². The number of halogens is 2. The number of hydrogen-bond donors (Lipinski definition) is 1. The molecule has 0 saturated carbocycles. The Morgan fingerprint density at radius 1 is 1.21 bits per heavy atom. The number of nitro benzene ring substituents is 1. The van der Waals surface area contributed by atoms with Crippen molar-refractivity contribution in [1.82, 2.24) is 5.32 Å². The number of nitrogens with zero attached hydrogens (tertiary/aromatic N) is 2. The fraction of sp³-hybridized carbons (Fsp3) is 0.263. The van der Waals surface area contributed by atoms with Crippen LogP contribution in [0.25, 0.3) is 0 Å². The summed E-state index contributed by atoms with van der Waals surface area (Å²) in [5.74, 6) is -3.20. The van der Waals surface area contributed by atoms with E-state index in [0.717, 1.165) is 12.1 Å². The Morgan fingerprint density at radius 3 is 2.48 bits per heavy atom. The maximum Gasteiger partial charge on any atom is 0.338 e. The van der Waals surface area contributed by atoms with Gasteiger partial charge in [-0.1, -0.05) is 6.07 Å². The van der Waals surface area contributed by atoms with E-state index >= 15 is 0 Å². The van der Waals surface area contributed by atoms with Gasteiger partial charge in [0.05, 0.1) is 16.5 Å². The first-order valence-electron chi connectivity index (χ1n) is 8.47. The highest BCUT2D eigenvalue weighted by Gasteiger charge is 2.21. The Kier molecular flexibility index (Phi) is 6.81. The molecular weight excluding hydrogens is 388 g/mol. The summed E-state index contributed by atoms with van der Waals surface area (Å²) in [5, 5.41) is 13.6. The number of nitrogens with one attached hydrogen (secondary N) is 1. The Bertz CT molecular complexity index is 949. The van der Waals surface area contributed by atoms with Gasteiger partial charge in [0, 0.05) is 31.8 Å². The molecule has 154 valence electrons. The number of hydrogen-bond acceptors (Lipinski definition) is 6. The van der Waals surface area contributed by atoms with Crippen LogP contribution in [-0.4, -0.2) is 37.5 Å². The van der Waals surface area contributed by atoms with Crippen LogP contribution < -0.4 is 10.2 Å². The van der Waals surface area contributed by atoms with Crippen molar-refractivity contribution < 1.29 is 28.0 Å². The Labute approximate surface area is 165 Å². The molecule has 0 heterocycles. The summed E-state index contributed by atoms with van der Waals surface area (Å²) in [4.78, 5) is 36.1. The smallest absolute Gasteiger partial charge is 0.338 e. The van der Waals surface area contributed by atoms with E-state index in [4.69, 9.17) is 4.74 Å². The van der Waals surface area contributed by atoms with Crippen molar-refractivity contribution >= 4 is 23.3 Å². The molecule has 1 amide bonds. The van der Waals surface area contributed by atoms with Crippen molar-refractivity contribution in [2.75, 3.05) is 25.6 Å². The Morgan fingerprint density at radius 2 is 1.90 bits per heavy atom. The number of nitro groups is 1. The number of benzene rings is 2. The zero-order valence-corrected chi connectivity index (χ0v) is 15.9. The van der Waals surface area contributed by atoms with Crippen LogP contribution in [0.5, 0.6) is 0 Å². The van der Waals surface area contributed by atoms with Crippen molar-refractivity contribution in [2.45, 2.75) is 13.0 Å². The number of rotatable bonds is 7. The fourth-order valence-corrected chi connectivity index (χ4v) is 2.60. The number of amides is 1. The predicted molar refractivity (Wildman–Crippen MR) is 101 cm³/mol. The molecule has 0 fully saturated rings. The van der Waals surface area contributed by atoms with Gasteiger partial charge in [0.15, 0.2) is 6.61 Å². The van der Waals surface area contributed by atoms with Crippen LogP contribution in [0.3, 0.4) is 0 Å². The highest BCUT2D eigenvalue weighted by molar-refractivity contribution is 5.93. The number of anilines is 1. The molecule has 1 atom stereocenters. The third-order valence-corrected chi connectivity index (χ3v) is 4.03. The summed E-state index contributed by atoms with van der Waals surface area (Å²) in [5.41, 5.74) is 0.00227. The minimum Gasteiger partial charge on any atom is -0.452 e. The standard InChI is InChI=1S/C19H19F2N3O5/c1-11(14-6-5-13(20)9-15(14)21)22-18(25)10-29-19(26)12-4-7-16(23(2)3)17(8-12)24(27)28/h4-9,11H,10H2,1-3H3,(H,22,25)/t11-/m0/s1. The van der Waals surface area contributed by atoms with Crippen molar-refractivity contribution in [3.8, 4) is 0 Å². The van der Waals surface area contributed by atoms with Gasteiger partial charge >= 0.3 is 5.97 Å². The SMILES string of the molecule is C[C@H](NC(=O)COC(=O)c1ccc(N(C)C)c([N+](=O)[O-])c1)c1ccc(F)cc1F. The number of carbonyl (C=O) groups excluding carboxylic acids is 2. The molecule has 2 rings (SSSR count). The molecule has 0 aliphatic carbocycles. The van der Waals surface area contributed by atoms with E-state index < -0.39 is 41.1 Å². The molecule has 0 bridgehead atoms. The fourth-order valence-electron chi connectivity index (χ4n) is 2.60. The van der Waals surface area contributed by atoms with E-state index in [1.165, 1.54) is 30.0 Å². The van der Waals surface area contributed by atoms with E-state index in [2.05, 4.69) is 5.32 Å². The maximum atomic E-state index is 13.7. The van der Waals surface area contributed by atoms with Crippen LogP contribution in [0.4, 0.5) is 20.2 Å². The molecule has 0 aliphatic heterocycles. The average molecular weight is 407 g/mol. The summed E-state index contributed by atoms with van der Waals surface area (Å²) in [6, 6.07) is 5.97. The second kappa shape index (κ2) is 9.09. The van der Waals surface area contributed by atoms with Gasteiger partial charge in [0.2, 0.25) is 0 Å². The summed E-state index contributed by atoms with van der Waals surface area (Å²) in [6.07, 6.45) is 0. The quantitative estimate of drug-likeness (QED) is 0.430. The van der Waals surface area contributed by atoms with Gasteiger partial charge < -0.3 is 15.0 Å². The highest BCUT2D eigenvalue weighted by Crippen LogP contribution is 2.28. The zero-order valence-electron chi connectivity index (χ0n) is 15.9. The lowest BCUT2D eigenvalue weighted by atomic mass is 10.1. The van der Waals surface area contributed by atoms with E-state index in [1.807, 2.05) is 0 Å². The molecule has 2 aromatic rings. The normalized spacial score (nSPS) is 11.5. The summed E-state index contributed by atoms with van der Waals surface area (Å²) >= 11 is 0. The average Bonchev–Trinajstić information content (AvgIpc) is 2.65. The lowest BCUT2D eigenvalue weighted by Gasteiger charge is -2.15. The molecule has 0 saturated heterocycles. The van der Waals surface area contributed by atoms with Crippen LogP contribution in [0, 0.1) is 21.7 Å². The van der Waals surface area contributed by atoms with E-state index in [-0.39, 0.29) is 16.8 Å². The molecule has 2 aromatic carbocycles. The molecule has 0 aromatic heterocycles. The van der Waals surface area contributed by atoms with Gasteiger partial charge in [-0.3, -0.25) is 14.9 Å². The summed E-state index contributed by atoms with van der Waals surface area (Å²) in [7, 11) is 3.24. The van der Waals surface area contributed by atoms with Gasteiger partial charge in [-0.25, -0.2) is 13.6 Å². The molecule has 29 heavy (non-hydrogen) atoms. The lowest BCUT2D eigenvalue weighted by Crippen LogP contribution is -2.31. The summed E-state index contributed by atoms with van der Waals surface area (Å²) in [6.45, 7) is 0.814. The molecule has 0 aliphatic rings. The largest absolute Gasteiger partial charge is 0.452 e. The number of ether oxygens (including phenoxy) is 1. The van der Waals surface area contributed by atoms with Gasteiger partial charge in [-0.05, 0) is 25.1 Å². The molecule has 0 spiro atoms. The van der Waals surface area contributed by atoms with E-state index in [9.17, 15) is 28.5 Å². The third-order valence-electron chi connectivity index (χ3n) is 4.03. The first-order chi connectivity index (χ1) is 13.6. The minimum absolute atomic E-state index is 0.0703. The van der Waals surface area contributed by atoms with Crippen LogP contribution in [0.1, 0.15) is 28.9 Å². The topological polar surface area (TPSA) is 102 Å². The molecule has 0 unspecified atom stereocenters. The van der Waals surface area contributed by atoms with Crippen molar-refractivity contribution in [3.63, 3.8) is 0 Å². The number of carbonyl (C=O) groups is 2. The first-order valence-corrected chi connectivity index (χ1v) is 8.47. The van der Waals surface area contributed by atoms with Crippen LogP contribution >= 0.6 is 0 Å². The van der Waals surface area contributed by atoms with E-state index in [1.54, 1.807) is 14.1 Å². The Hall–Kier alpha value is -3.56. The van der Waals surface area contributed by atoms with Gasteiger partial charge in [-0.2, -0.15) is 0 Å². The molecular formula is C19H19F2N3O5. The van der Waals surface area contributed by atoms with E-state index in [0.29, 0.717) is 11.8 Å². The van der Waals surface area contributed by atoms with Gasteiger partial charge in [0.1, 0.15) is 17.3 Å². The van der Waals surface area contributed by atoms with Crippen LogP contribution in [-0.2, 0) is 9.53 Å². The third kappa shape index (κ3) is 5.47.